The lowest BCUT2D eigenvalue weighted by atomic mass is 9.92. The highest BCUT2D eigenvalue weighted by Crippen LogP contribution is 2.41. The minimum atomic E-state index is -0.682. The number of fused-ring (bicyclic) bond motifs is 1. The Morgan fingerprint density at radius 3 is 2.83 bits per heavy atom. The van der Waals surface area contributed by atoms with Crippen molar-refractivity contribution < 1.29 is 14.3 Å². The largest absolute Gasteiger partial charge is 0.466 e. The second-order valence-corrected chi connectivity index (χ2v) is 9.32. The van der Waals surface area contributed by atoms with Gasteiger partial charge in [-0.15, -0.1) is 11.6 Å². The number of anilines is 1. The maximum atomic E-state index is 12.8. The Bertz CT molecular complexity index is 897. The Labute approximate surface area is 187 Å². The number of hydrogen-bond acceptors (Lipinski definition) is 6. The molecule has 1 aromatic carbocycles. The van der Waals surface area contributed by atoms with Gasteiger partial charge in [0.25, 0.3) is 0 Å². The van der Waals surface area contributed by atoms with Crippen LogP contribution in [-0.4, -0.2) is 47.2 Å². The van der Waals surface area contributed by atoms with E-state index in [2.05, 4.69) is 10.2 Å². The number of methoxy groups -OCH3 is 1. The van der Waals surface area contributed by atoms with Crippen LogP contribution in [0.2, 0.25) is 0 Å². The van der Waals surface area contributed by atoms with Gasteiger partial charge >= 0.3 is 5.97 Å². The summed E-state index contributed by atoms with van der Waals surface area (Å²) in [5, 5.41) is 3.90. The van der Waals surface area contributed by atoms with Gasteiger partial charge < -0.3 is 15.0 Å². The number of amidine groups is 1. The number of thioether (sulfide) groups is 1. The van der Waals surface area contributed by atoms with Crippen molar-refractivity contribution in [3.05, 3.63) is 41.1 Å². The molecular weight excluding hydrogens is 422 g/mol. The Balaban J connectivity index is 2.03. The molecule has 6 nitrogen and oxygen atoms in total. The summed E-state index contributed by atoms with van der Waals surface area (Å²) in [6, 6.07) is 7.33. The molecule has 0 radical (unpaired) electrons. The third-order valence-corrected chi connectivity index (χ3v) is 7.04. The molecule has 0 aromatic heterocycles. The van der Waals surface area contributed by atoms with Crippen molar-refractivity contribution >= 4 is 46.1 Å². The number of allylic oxidation sites excluding steroid dienone is 1. The van der Waals surface area contributed by atoms with Crippen molar-refractivity contribution in [2.24, 2.45) is 10.4 Å². The number of carbonyl (C=O) groups excluding carboxylic acids is 2. The first-order valence-corrected chi connectivity index (χ1v) is 11.6. The minimum absolute atomic E-state index is 0.146. The Morgan fingerprint density at radius 2 is 2.17 bits per heavy atom. The predicted octanol–water partition coefficient (Wildman–Crippen LogP) is 4.58. The lowest BCUT2D eigenvalue weighted by Crippen LogP contribution is -2.42. The number of halogens is 1. The van der Waals surface area contributed by atoms with Gasteiger partial charge in [0.15, 0.2) is 5.17 Å². The molecule has 1 aromatic rings. The van der Waals surface area contributed by atoms with E-state index in [1.807, 2.05) is 31.2 Å². The monoisotopic (exact) mass is 449 g/mol. The maximum absolute atomic E-state index is 12.8. The van der Waals surface area contributed by atoms with E-state index >= 15 is 0 Å². The number of aliphatic imine (C=N–C) groups is 1. The van der Waals surface area contributed by atoms with Crippen LogP contribution in [0.4, 0.5) is 5.69 Å². The molecule has 0 spiro atoms. The molecule has 2 aliphatic rings. The van der Waals surface area contributed by atoms with Crippen LogP contribution in [0.15, 0.2) is 40.5 Å². The van der Waals surface area contributed by atoms with Crippen molar-refractivity contribution in [1.29, 1.82) is 0 Å². The molecule has 30 heavy (non-hydrogen) atoms. The van der Waals surface area contributed by atoms with Crippen molar-refractivity contribution in [2.75, 3.05) is 30.6 Å². The van der Waals surface area contributed by atoms with Gasteiger partial charge in [0.1, 0.15) is 0 Å². The zero-order valence-electron chi connectivity index (χ0n) is 17.8. The number of alkyl halides is 1. The van der Waals surface area contributed by atoms with Gasteiger partial charge in [-0.3, -0.25) is 4.79 Å². The third kappa shape index (κ3) is 4.52. The van der Waals surface area contributed by atoms with Crippen LogP contribution in [0.3, 0.4) is 0 Å². The number of esters is 1. The number of carbonyl (C=O) groups is 2. The van der Waals surface area contributed by atoms with Gasteiger partial charge in [0.05, 0.1) is 29.8 Å². The fraction of sp³-hybridized carbons (Fsp3) is 0.500. The van der Waals surface area contributed by atoms with Gasteiger partial charge in [-0.25, -0.2) is 9.79 Å². The number of amides is 1. The van der Waals surface area contributed by atoms with Crippen molar-refractivity contribution in [2.45, 2.75) is 39.7 Å². The van der Waals surface area contributed by atoms with Crippen molar-refractivity contribution in [3.63, 3.8) is 0 Å². The molecule has 1 amide bonds. The molecule has 1 fully saturated rings. The predicted molar refractivity (Wildman–Crippen MR) is 123 cm³/mol. The first kappa shape index (κ1) is 22.7. The summed E-state index contributed by atoms with van der Waals surface area (Å²) < 4.78 is 5.12. The molecule has 0 saturated carbocycles. The highest BCUT2D eigenvalue weighted by atomic mass is 35.5. The fourth-order valence-electron chi connectivity index (χ4n) is 3.51. The lowest BCUT2D eigenvalue weighted by molar-refractivity contribution is -0.137. The molecule has 3 rings (SSSR count). The fourth-order valence-corrected chi connectivity index (χ4v) is 4.62. The van der Waals surface area contributed by atoms with Crippen LogP contribution < -0.4 is 5.32 Å². The molecule has 8 heteroatoms. The van der Waals surface area contributed by atoms with Gasteiger partial charge in [0, 0.05) is 23.9 Å². The summed E-state index contributed by atoms with van der Waals surface area (Å²) in [4.78, 5) is 32.3. The van der Waals surface area contributed by atoms with E-state index in [1.54, 1.807) is 25.6 Å². The lowest BCUT2D eigenvalue weighted by Gasteiger charge is -2.41. The molecule has 1 N–H and O–H groups in total. The maximum Gasteiger partial charge on any atom is 0.338 e. The quantitative estimate of drug-likeness (QED) is 0.508. The second-order valence-electron chi connectivity index (χ2n) is 7.99. The number of rotatable bonds is 6. The summed E-state index contributed by atoms with van der Waals surface area (Å²) >= 11 is 7.66. The number of nitrogens with zero attached hydrogens (tertiary/aromatic N) is 2. The Kier molecular flexibility index (Phi) is 7.14. The van der Waals surface area contributed by atoms with E-state index in [1.165, 1.54) is 7.11 Å². The van der Waals surface area contributed by atoms with E-state index in [-0.39, 0.29) is 23.8 Å². The molecule has 1 atom stereocenters. The van der Waals surface area contributed by atoms with E-state index in [0.29, 0.717) is 17.7 Å². The average molecular weight is 450 g/mol. The van der Waals surface area contributed by atoms with Crippen LogP contribution in [-0.2, 0) is 14.3 Å². The van der Waals surface area contributed by atoms with Gasteiger partial charge in [0.2, 0.25) is 5.91 Å². The van der Waals surface area contributed by atoms with Crippen LogP contribution in [0.1, 0.15) is 45.2 Å². The molecule has 1 unspecified atom stereocenters. The normalized spacial score (nSPS) is 19.2. The van der Waals surface area contributed by atoms with Crippen LogP contribution in [0.5, 0.6) is 0 Å². The van der Waals surface area contributed by atoms with E-state index in [9.17, 15) is 9.59 Å². The smallest absolute Gasteiger partial charge is 0.338 e. The first-order valence-electron chi connectivity index (χ1n) is 10.1. The molecule has 0 aliphatic carbocycles. The number of benzene rings is 1. The molecule has 162 valence electrons. The molecular formula is C22H28ClN3O3S. The molecule has 0 bridgehead atoms. The highest BCUT2D eigenvalue weighted by Gasteiger charge is 2.38. The number of nitrogens with one attached hydrogen (secondary N) is 1. The van der Waals surface area contributed by atoms with E-state index in [4.69, 9.17) is 21.3 Å². The van der Waals surface area contributed by atoms with E-state index < -0.39 is 5.41 Å². The number of hydrogen-bond donors (Lipinski definition) is 1. The van der Waals surface area contributed by atoms with Crippen molar-refractivity contribution in [1.82, 2.24) is 4.90 Å². The topological polar surface area (TPSA) is 71.0 Å². The summed E-state index contributed by atoms with van der Waals surface area (Å²) in [6.45, 7) is 6.41. The van der Waals surface area contributed by atoms with Gasteiger partial charge in [-0.05, 0) is 44.4 Å². The molecule has 2 heterocycles. The van der Waals surface area contributed by atoms with Gasteiger partial charge in [-0.2, -0.15) is 0 Å². The zero-order valence-corrected chi connectivity index (χ0v) is 19.4. The molecule has 1 saturated heterocycles. The molecule has 2 aliphatic heterocycles. The highest BCUT2D eigenvalue weighted by molar-refractivity contribution is 8.13. The van der Waals surface area contributed by atoms with Crippen LogP contribution in [0.25, 0.3) is 0 Å². The summed E-state index contributed by atoms with van der Waals surface area (Å²) in [7, 11) is 1.40. The Hall–Kier alpha value is -1.99. The van der Waals surface area contributed by atoms with E-state index in [0.717, 1.165) is 35.1 Å². The van der Waals surface area contributed by atoms with Crippen molar-refractivity contribution in [3.8, 4) is 0 Å². The second kappa shape index (κ2) is 9.43. The number of ether oxygens (including phenoxy) is 1. The zero-order chi connectivity index (χ0) is 21.9. The third-order valence-electron chi connectivity index (χ3n) is 5.30. The standard InChI is InChI=1S/C22H28ClN3O3S/c1-5-16-17(19(27)29-4)18(26-10-7-11-30-21(26)25-16)14-8-6-9-15(12-14)24-20(28)22(2,3)13-23/h6,8-9,12,18H,5,7,10-11,13H2,1-4H3,(H,24,28). The van der Waals surface area contributed by atoms with Crippen LogP contribution >= 0.6 is 23.4 Å². The first-order chi connectivity index (χ1) is 14.3. The summed E-state index contributed by atoms with van der Waals surface area (Å²) in [5.74, 6) is 0.720. The Morgan fingerprint density at radius 1 is 1.40 bits per heavy atom. The minimum Gasteiger partial charge on any atom is -0.466 e. The average Bonchev–Trinajstić information content (AvgIpc) is 2.77. The van der Waals surface area contributed by atoms with Crippen LogP contribution in [0, 0.1) is 5.41 Å². The SMILES string of the molecule is CCC1=C(C(=O)OC)C(c2cccc(NC(=O)C(C)(C)CCl)c2)N2CCCSC2=N1. The van der Waals surface area contributed by atoms with Gasteiger partial charge in [-0.1, -0.05) is 30.8 Å². The summed E-state index contributed by atoms with van der Waals surface area (Å²) in [6.07, 6.45) is 1.65. The summed E-state index contributed by atoms with van der Waals surface area (Å²) in [5.41, 5.74) is 2.23.